The third-order valence-electron chi connectivity index (χ3n) is 12.4. The molecule has 2 saturated carbocycles. The zero-order chi connectivity index (χ0) is 35.9. The van der Waals surface area contributed by atoms with Crippen LogP contribution in [0.1, 0.15) is 65.9 Å². The van der Waals surface area contributed by atoms with Crippen molar-refractivity contribution in [3.8, 4) is 11.3 Å². The highest BCUT2D eigenvalue weighted by Gasteiger charge is 2.58. The van der Waals surface area contributed by atoms with Crippen LogP contribution in [0, 0.1) is 35.0 Å². The van der Waals surface area contributed by atoms with Crippen molar-refractivity contribution in [2.24, 2.45) is 35.0 Å². The van der Waals surface area contributed by atoms with E-state index < -0.39 is 23.6 Å². The molecule has 3 aliphatic rings. The lowest BCUT2D eigenvalue weighted by Gasteiger charge is -2.51. The fourth-order valence-electron chi connectivity index (χ4n) is 9.09. The van der Waals surface area contributed by atoms with Crippen molar-refractivity contribution in [3.63, 3.8) is 0 Å². The Hall–Kier alpha value is -4.23. The molecule has 0 radical (unpaired) electrons. The predicted molar refractivity (Wildman–Crippen MR) is 193 cm³/mol. The number of esters is 1. The third kappa shape index (κ3) is 6.66. The summed E-state index contributed by atoms with van der Waals surface area (Å²) in [7, 11) is 0. The Morgan fingerprint density at radius 2 is 1.90 bits per heavy atom. The molecular formula is C38H51N9O4. The molecule has 2 aliphatic carbocycles. The molecule has 8 atom stereocenters. The van der Waals surface area contributed by atoms with Gasteiger partial charge in [-0.25, -0.2) is 19.6 Å². The molecule has 2 N–H and O–H groups in total. The number of anilines is 1. The first kappa shape index (κ1) is 35.2. The highest BCUT2D eigenvalue weighted by molar-refractivity contribution is 5.85. The van der Waals surface area contributed by atoms with Crippen LogP contribution in [0.25, 0.3) is 22.4 Å². The molecule has 13 nitrogen and oxygen atoms in total. The largest absolute Gasteiger partial charge is 0.460 e. The minimum absolute atomic E-state index is 0.00937. The maximum atomic E-state index is 13.6. The van der Waals surface area contributed by atoms with Crippen molar-refractivity contribution >= 4 is 28.7 Å². The monoisotopic (exact) mass is 697 g/mol. The molecule has 7 rings (SSSR count). The third-order valence-corrected chi connectivity index (χ3v) is 12.4. The van der Waals surface area contributed by atoms with E-state index in [2.05, 4.69) is 63.2 Å². The number of aliphatic hydroxyl groups excluding tert-OH is 1. The number of ether oxygens (including phenoxy) is 1. The smallest absolute Gasteiger partial charge is 0.328 e. The summed E-state index contributed by atoms with van der Waals surface area (Å²) in [5, 5.41) is 23.2. The first-order valence-electron chi connectivity index (χ1n) is 18.6. The molecule has 0 spiro atoms. The standard InChI is InChI=1S/C38H51N9O4/c1-6-24(3)38(5)31(17-23(2)35(50)25(4)28-11-12-30(48)33(28)38)51-32(49)20-47-19-29(43-44-47)27-9-7-26(8-10-27)18-46-22-42-34-36(40-21-41-37(34)46)45-15-13-39-14-16-45/h7-10,19,21-25,28,31,33,35,39,50H,6,11-18,20H2,1-5H3/t23-,24?,25+,28?,31+,33-,35+,38-/m0/s1. The number of imidazole rings is 1. The van der Waals surface area contributed by atoms with Crippen molar-refractivity contribution in [1.29, 1.82) is 0 Å². The van der Waals surface area contributed by atoms with Gasteiger partial charge >= 0.3 is 5.97 Å². The number of rotatable bonds is 9. The highest BCUT2D eigenvalue weighted by atomic mass is 16.5. The summed E-state index contributed by atoms with van der Waals surface area (Å²) in [6.45, 7) is 14.7. The number of hydrogen-bond donors (Lipinski definition) is 2. The molecule has 272 valence electrons. The minimum atomic E-state index is -0.557. The van der Waals surface area contributed by atoms with Crippen molar-refractivity contribution in [2.45, 2.75) is 85.6 Å². The van der Waals surface area contributed by atoms with Crippen molar-refractivity contribution in [3.05, 3.63) is 48.7 Å². The van der Waals surface area contributed by atoms with Crippen LogP contribution in [-0.4, -0.2) is 89.8 Å². The van der Waals surface area contributed by atoms with Crippen molar-refractivity contribution in [1.82, 2.24) is 39.8 Å². The Morgan fingerprint density at radius 1 is 1.14 bits per heavy atom. The van der Waals surface area contributed by atoms with Gasteiger partial charge in [0.25, 0.3) is 0 Å². The average molecular weight is 698 g/mol. The molecule has 1 aromatic carbocycles. The van der Waals surface area contributed by atoms with E-state index in [0.717, 1.165) is 67.1 Å². The summed E-state index contributed by atoms with van der Waals surface area (Å²) in [5.41, 5.74) is 3.68. The summed E-state index contributed by atoms with van der Waals surface area (Å²) in [5.74, 6) is 0.590. The second-order valence-electron chi connectivity index (χ2n) is 15.3. The number of ketones is 1. The van der Waals surface area contributed by atoms with E-state index in [-0.39, 0.29) is 41.9 Å². The number of benzene rings is 1. The van der Waals surface area contributed by atoms with Gasteiger partial charge in [-0.05, 0) is 42.1 Å². The summed E-state index contributed by atoms with van der Waals surface area (Å²) in [6.07, 6.45) is 6.78. The second-order valence-corrected chi connectivity index (χ2v) is 15.3. The summed E-state index contributed by atoms with van der Waals surface area (Å²) in [6, 6.07) is 8.09. The van der Waals surface area contributed by atoms with E-state index in [1.54, 1.807) is 12.5 Å². The summed E-state index contributed by atoms with van der Waals surface area (Å²) >= 11 is 0. The van der Waals surface area contributed by atoms with Gasteiger partial charge in [0.1, 0.15) is 30.5 Å². The van der Waals surface area contributed by atoms with E-state index in [4.69, 9.17) is 4.74 Å². The number of nitrogens with zero attached hydrogens (tertiary/aromatic N) is 8. The lowest BCUT2D eigenvalue weighted by Crippen LogP contribution is -2.54. The van der Waals surface area contributed by atoms with Crippen molar-refractivity contribution in [2.75, 3.05) is 31.1 Å². The second kappa shape index (κ2) is 14.4. The first-order chi connectivity index (χ1) is 24.6. The fraction of sp³-hybridized carbons (Fsp3) is 0.605. The zero-order valence-electron chi connectivity index (χ0n) is 30.4. The van der Waals surface area contributed by atoms with Crippen LogP contribution >= 0.6 is 0 Å². The Morgan fingerprint density at radius 3 is 2.65 bits per heavy atom. The van der Waals surface area contributed by atoms with E-state index in [1.807, 2.05) is 42.1 Å². The summed E-state index contributed by atoms with van der Waals surface area (Å²) < 4.78 is 9.86. The zero-order valence-corrected chi connectivity index (χ0v) is 30.4. The Balaban J connectivity index is 1.03. The van der Waals surface area contributed by atoms with Gasteiger partial charge in [-0.15, -0.1) is 5.10 Å². The molecule has 4 heterocycles. The van der Waals surface area contributed by atoms with Crippen LogP contribution in [0.3, 0.4) is 0 Å². The molecule has 3 fully saturated rings. The number of aromatic nitrogens is 7. The van der Waals surface area contributed by atoms with Gasteiger partial charge in [-0.1, -0.05) is 70.5 Å². The lowest BCUT2D eigenvalue weighted by atomic mass is 9.55. The van der Waals surface area contributed by atoms with Gasteiger partial charge in [0.15, 0.2) is 17.0 Å². The minimum Gasteiger partial charge on any atom is -0.460 e. The van der Waals surface area contributed by atoms with Gasteiger partial charge < -0.3 is 24.6 Å². The van der Waals surface area contributed by atoms with Crippen LogP contribution < -0.4 is 10.2 Å². The van der Waals surface area contributed by atoms with Crippen LogP contribution in [0.4, 0.5) is 5.82 Å². The molecule has 0 bridgehead atoms. The van der Waals surface area contributed by atoms with Gasteiger partial charge in [0.05, 0.1) is 25.2 Å². The first-order valence-corrected chi connectivity index (χ1v) is 18.6. The molecule has 2 unspecified atom stereocenters. The van der Waals surface area contributed by atoms with E-state index in [9.17, 15) is 14.7 Å². The fourth-order valence-corrected chi connectivity index (χ4v) is 9.09. The Bertz CT molecular complexity index is 1850. The Labute approximate surface area is 299 Å². The summed E-state index contributed by atoms with van der Waals surface area (Å²) in [4.78, 5) is 43.0. The van der Waals surface area contributed by atoms with Crippen LogP contribution in [0.5, 0.6) is 0 Å². The van der Waals surface area contributed by atoms with Crippen LogP contribution in [-0.2, 0) is 27.4 Å². The molecule has 51 heavy (non-hydrogen) atoms. The molecule has 0 amide bonds. The Kier molecular flexibility index (Phi) is 9.95. The maximum absolute atomic E-state index is 13.6. The van der Waals surface area contributed by atoms with E-state index in [1.165, 1.54) is 4.68 Å². The quantitative estimate of drug-likeness (QED) is 0.243. The van der Waals surface area contributed by atoms with Crippen LogP contribution in [0.15, 0.2) is 43.1 Å². The van der Waals surface area contributed by atoms with Gasteiger partial charge in [0.2, 0.25) is 0 Å². The van der Waals surface area contributed by atoms with Crippen molar-refractivity contribution < 1.29 is 19.4 Å². The number of aliphatic hydroxyl groups is 1. The van der Waals surface area contributed by atoms with E-state index >= 15 is 0 Å². The number of Topliss-reactive ketones (excluding diaryl/α,β-unsaturated/α-hetero) is 1. The number of fused-ring (bicyclic) bond motifs is 2. The number of nitrogens with one attached hydrogen (secondary N) is 1. The maximum Gasteiger partial charge on any atom is 0.328 e. The average Bonchev–Trinajstić information content (AvgIpc) is 3.89. The molecule has 1 aliphatic heterocycles. The van der Waals surface area contributed by atoms with E-state index in [0.29, 0.717) is 25.1 Å². The SMILES string of the molecule is CCC(C)[C@]1(C)[C@@H]2C(=O)CCC2[C@@H](C)[C@H](O)[C@@H](C)C[C@H]1OC(=O)Cn1cc(-c2ccc(Cn3cnc4c(N5CCNCC5)ncnc43)cc2)nn1. The molecule has 1 saturated heterocycles. The normalized spacial score (nSPS) is 29.1. The molecule has 4 aromatic rings. The molecule has 3 aromatic heterocycles. The topological polar surface area (TPSA) is 153 Å². The predicted octanol–water partition coefficient (Wildman–Crippen LogP) is 4.14. The highest BCUT2D eigenvalue weighted by Crippen LogP contribution is 2.55. The van der Waals surface area contributed by atoms with Gasteiger partial charge in [-0.2, -0.15) is 0 Å². The molecular weight excluding hydrogens is 646 g/mol. The lowest BCUT2D eigenvalue weighted by molar-refractivity contribution is -0.177. The number of carbonyl (C=O) groups is 2. The van der Waals surface area contributed by atoms with Crippen LogP contribution in [0.2, 0.25) is 0 Å². The number of hydrogen-bond acceptors (Lipinski definition) is 11. The van der Waals surface area contributed by atoms with Gasteiger partial charge in [0, 0.05) is 49.5 Å². The van der Waals surface area contributed by atoms with Gasteiger partial charge in [-0.3, -0.25) is 9.59 Å². The molecule has 13 heteroatoms. The number of piperazine rings is 1. The number of carbonyl (C=O) groups excluding carboxylic acids is 2.